The average Bonchev–Trinajstić information content (AvgIpc) is 3.10. The largest absolute Gasteiger partial charge is 0.495 e. The number of sulfonamides is 1. The molecule has 0 aliphatic rings. The van der Waals surface area contributed by atoms with Gasteiger partial charge in [-0.2, -0.15) is 0 Å². The highest BCUT2D eigenvalue weighted by atomic mass is 32.2. The summed E-state index contributed by atoms with van der Waals surface area (Å²) in [5, 5.41) is 0. The van der Waals surface area contributed by atoms with Gasteiger partial charge in [0.25, 0.3) is 10.0 Å². The summed E-state index contributed by atoms with van der Waals surface area (Å²) in [4.78, 5) is 28.0. The fraction of sp³-hybridized carbons (Fsp3) is 0.217. The first-order valence-electron chi connectivity index (χ1n) is 9.83. The van der Waals surface area contributed by atoms with Crippen LogP contribution < -0.4 is 9.04 Å². The molecule has 1 heterocycles. The van der Waals surface area contributed by atoms with Gasteiger partial charge in [-0.25, -0.2) is 17.6 Å². The molecule has 0 radical (unpaired) electrons. The number of carbonyl (C=O) groups is 2. The minimum absolute atomic E-state index is 0.0853. The van der Waals surface area contributed by atoms with Crippen LogP contribution in [-0.2, 0) is 14.8 Å². The van der Waals surface area contributed by atoms with Gasteiger partial charge >= 0.3 is 5.97 Å². The quantitative estimate of drug-likeness (QED) is 0.395. The van der Waals surface area contributed by atoms with Crippen molar-refractivity contribution < 1.29 is 31.9 Å². The summed E-state index contributed by atoms with van der Waals surface area (Å²) in [6.45, 7) is 2.59. The van der Waals surface area contributed by atoms with Crippen molar-refractivity contribution >= 4 is 27.5 Å². The lowest BCUT2D eigenvalue weighted by Gasteiger charge is -2.25. The summed E-state index contributed by atoms with van der Waals surface area (Å²) in [5.41, 5.74) is 1.21. The molecular weight excluding hydrogens is 451 g/mol. The number of anilines is 1. The number of aromatic nitrogens is 1. The van der Waals surface area contributed by atoms with Gasteiger partial charge in [0.05, 0.1) is 42.6 Å². The molecule has 0 atom stereocenters. The molecule has 0 unspecified atom stereocenters. The first-order chi connectivity index (χ1) is 15.6. The smallest absolute Gasteiger partial charge is 0.339 e. The van der Waals surface area contributed by atoms with Gasteiger partial charge in [0, 0.05) is 5.69 Å². The Kier molecular flexibility index (Phi) is 6.87. The van der Waals surface area contributed by atoms with Crippen molar-refractivity contribution in [3.05, 3.63) is 76.9 Å². The van der Waals surface area contributed by atoms with Gasteiger partial charge in [-0.1, -0.05) is 12.1 Å². The number of H-pyrrole nitrogens is 1. The Morgan fingerprint density at radius 1 is 1.03 bits per heavy atom. The number of esters is 1. The predicted octanol–water partition coefficient (Wildman–Crippen LogP) is 3.64. The van der Waals surface area contributed by atoms with Crippen LogP contribution in [0.25, 0.3) is 0 Å². The molecule has 1 N–H and O–H groups in total. The lowest BCUT2D eigenvalue weighted by molar-refractivity contribution is 0.0599. The Balaban J connectivity index is 2.11. The topological polar surface area (TPSA) is 106 Å². The van der Waals surface area contributed by atoms with Crippen molar-refractivity contribution in [2.24, 2.45) is 0 Å². The van der Waals surface area contributed by atoms with Crippen LogP contribution in [0.5, 0.6) is 5.75 Å². The van der Waals surface area contributed by atoms with Gasteiger partial charge in [-0.15, -0.1) is 0 Å². The highest BCUT2D eigenvalue weighted by molar-refractivity contribution is 7.92. The molecule has 8 nitrogen and oxygen atoms in total. The van der Waals surface area contributed by atoms with Crippen LogP contribution in [0.15, 0.2) is 53.4 Å². The number of hydrogen-bond acceptors (Lipinski definition) is 6. The molecule has 1 aromatic heterocycles. The zero-order chi connectivity index (χ0) is 24.3. The Labute approximate surface area is 191 Å². The van der Waals surface area contributed by atoms with E-state index >= 15 is 0 Å². The third kappa shape index (κ3) is 4.61. The SMILES string of the molecule is COC(=O)c1c(C)[nH]c(C(=O)CN(c2ccccc2OC)S(=O)(=O)c2ccc(F)cc2)c1C. The van der Waals surface area contributed by atoms with E-state index in [1.165, 1.54) is 20.3 Å². The van der Waals surface area contributed by atoms with Crippen LogP contribution in [0.4, 0.5) is 10.1 Å². The monoisotopic (exact) mass is 474 g/mol. The summed E-state index contributed by atoms with van der Waals surface area (Å²) in [6.07, 6.45) is 0. The minimum atomic E-state index is -4.28. The van der Waals surface area contributed by atoms with Gasteiger partial charge in [0.2, 0.25) is 0 Å². The van der Waals surface area contributed by atoms with E-state index in [-0.39, 0.29) is 27.6 Å². The van der Waals surface area contributed by atoms with Gasteiger partial charge in [-0.05, 0) is 55.8 Å². The number of methoxy groups -OCH3 is 2. The molecule has 2 aromatic carbocycles. The highest BCUT2D eigenvalue weighted by Gasteiger charge is 2.31. The third-order valence-corrected chi connectivity index (χ3v) is 6.92. The minimum Gasteiger partial charge on any atom is -0.495 e. The molecule has 0 saturated carbocycles. The fourth-order valence-corrected chi connectivity index (χ4v) is 4.95. The first-order valence-corrected chi connectivity index (χ1v) is 11.3. The molecule has 3 aromatic rings. The highest BCUT2D eigenvalue weighted by Crippen LogP contribution is 2.33. The number of aryl methyl sites for hydroxylation is 1. The van der Waals surface area contributed by atoms with Crippen LogP contribution in [0.1, 0.15) is 32.1 Å². The number of nitrogens with zero attached hydrogens (tertiary/aromatic N) is 1. The summed E-state index contributed by atoms with van der Waals surface area (Å²) in [6, 6.07) is 10.6. The maximum atomic E-state index is 13.5. The lowest BCUT2D eigenvalue weighted by atomic mass is 10.1. The van der Waals surface area contributed by atoms with Crippen LogP contribution in [-0.4, -0.2) is 45.9 Å². The Morgan fingerprint density at radius 2 is 1.67 bits per heavy atom. The second-order valence-electron chi connectivity index (χ2n) is 7.18. The molecule has 0 aliphatic carbocycles. The first kappa shape index (κ1) is 24.0. The van der Waals surface area contributed by atoms with E-state index in [9.17, 15) is 22.4 Å². The molecular formula is C23H23FN2O6S. The predicted molar refractivity (Wildman–Crippen MR) is 120 cm³/mol. The summed E-state index contributed by atoms with van der Waals surface area (Å²) in [7, 11) is -1.67. The number of halogens is 1. The zero-order valence-corrected chi connectivity index (χ0v) is 19.3. The molecule has 174 valence electrons. The number of hydrogen-bond donors (Lipinski definition) is 1. The Hall–Kier alpha value is -3.66. The summed E-state index contributed by atoms with van der Waals surface area (Å²) < 4.78 is 51.4. The Morgan fingerprint density at radius 3 is 2.27 bits per heavy atom. The molecule has 0 spiro atoms. The number of benzene rings is 2. The lowest BCUT2D eigenvalue weighted by Crippen LogP contribution is -2.36. The van der Waals surface area contributed by atoms with E-state index < -0.39 is 34.1 Å². The number of aromatic amines is 1. The maximum Gasteiger partial charge on any atom is 0.339 e. The number of ketones is 1. The number of para-hydroxylation sites is 2. The van der Waals surface area contributed by atoms with Gasteiger partial charge in [-0.3, -0.25) is 9.10 Å². The molecule has 33 heavy (non-hydrogen) atoms. The van der Waals surface area contributed by atoms with E-state index in [1.54, 1.807) is 32.0 Å². The number of Topliss-reactive ketones (excluding diaryl/α,β-unsaturated/α-hetero) is 1. The number of nitrogens with one attached hydrogen (secondary N) is 1. The molecule has 0 bridgehead atoms. The van der Waals surface area contributed by atoms with Crippen LogP contribution in [0.2, 0.25) is 0 Å². The molecule has 10 heteroatoms. The third-order valence-electron chi connectivity index (χ3n) is 5.15. The number of ether oxygens (including phenoxy) is 2. The van der Waals surface area contributed by atoms with Gasteiger partial charge < -0.3 is 14.5 Å². The molecule has 0 saturated heterocycles. The summed E-state index contributed by atoms with van der Waals surface area (Å²) >= 11 is 0. The van der Waals surface area contributed by atoms with Gasteiger partial charge in [0.15, 0.2) is 5.78 Å². The zero-order valence-electron chi connectivity index (χ0n) is 18.5. The number of carbonyl (C=O) groups excluding carboxylic acids is 2. The fourth-order valence-electron chi connectivity index (χ4n) is 3.52. The van der Waals surface area contributed by atoms with Crippen LogP contribution >= 0.6 is 0 Å². The van der Waals surface area contributed by atoms with E-state index in [4.69, 9.17) is 9.47 Å². The number of rotatable bonds is 8. The van der Waals surface area contributed by atoms with E-state index in [1.807, 2.05) is 0 Å². The molecule has 0 fully saturated rings. The Bertz CT molecular complexity index is 1300. The van der Waals surface area contributed by atoms with Crippen LogP contribution in [0, 0.1) is 19.7 Å². The van der Waals surface area contributed by atoms with E-state index in [2.05, 4.69) is 4.98 Å². The van der Waals surface area contributed by atoms with Crippen molar-refractivity contribution in [3.8, 4) is 5.75 Å². The van der Waals surface area contributed by atoms with Crippen molar-refractivity contribution in [3.63, 3.8) is 0 Å². The average molecular weight is 475 g/mol. The summed E-state index contributed by atoms with van der Waals surface area (Å²) in [5.74, 6) is -1.56. The van der Waals surface area contributed by atoms with Crippen molar-refractivity contribution in [1.82, 2.24) is 4.98 Å². The second-order valence-corrected chi connectivity index (χ2v) is 9.04. The molecule has 0 aliphatic heterocycles. The standard InChI is InChI=1S/C23H23FN2O6S/c1-14-21(23(28)32-4)15(2)25-22(14)19(27)13-26(18-7-5-6-8-20(18)31-3)33(29,30)17-11-9-16(24)10-12-17/h5-12,25H,13H2,1-4H3. The van der Waals surface area contributed by atoms with Crippen molar-refractivity contribution in [1.29, 1.82) is 0 Å². The second kappa shape index (κ2) is 9.45. The van der Waals surface area contributed by atoms with Gasteiger partial charge in [0.1, 0.15) is 11.6 Å². The molecule has 3 rings (SSSR count). The maximum absolute atomic E-state index is 13.5. The van der Waals surface area contributed by atoms with E-state index in [0.717, 1.165) is 28.6 Å². The van der Waals surface area contributed by atoms with Crippen molar-refractivity contribution in [2.75, 3.05) is 25.1 Å². The van der Waals surface area contributed by atoms with Crippen molar-refractivity contribution in [2.45, 2.75) is 18.7 Å². The molecule has 0 amide bonds. The van der Waals surface area contributed by atoms with Crippen LogP contribution in [0.3, 0.4) is 0 Å². The normalized spacial score (nSPS) is 11.2. The van der Waals surface area contributed by atoms with E-state index in [0.29, 0.717) is 11.3 Å².